The summed E-state index contributed by atoms with van der Waals surface area (Å²) >= 11 is 0. The van der Waals surface area contributed by atoms with Crippen molar-refractivity contribution >= 4 is 5.97 Å². The lowest BCUT2D eigenvalue weighted by Gasteiger charge is -2.25. The number of allylic oxidation sites excluding steroid dienone is 1. The van der Waals surface area contributed by atoms with E-state index in [9.17, 15) is 4.79 Å². The Morgan fingerprint density at radius 2 is 2.20 bits per heavy atom. The largest absolute Gasteiger partial charge is 0.478 e. The second-order valence-electron chi connectivity index (χ2n) is 2.61. The van der Waals surface area contributed by atoms with E-state index in [0.29, 0.717) is 11.6 Å². The molecule has 1 rings (SSSR count). The Morgan fingerprint density at radius 1 is 1.60 bits per heavy atom. The highest BCUT2D eigenvalue weighted by Crippen LogP contribution is 2.30. The Morgan fingerprint density at radius 3 is 2.50 bits per heavy atom. The maximum absolute atomic E-state index is 10.1. The summed E-state index contributed by atoms with van der Waals surface area (Å²) in [4.78, 5) is 10.1. The minimum Gasteiger partial charge on any atom is -0.478 e. The first kappa shape index (κ1) is 7.12. The lowest BCUT2D eigenvalue weighted by atomic mass is 9.83. The third-order valence-electron chi connectivity index (χ3n) is 1.87. The zero-order chi connectivity index (χ0) is 7.56. The molecule has 0 radical (unpaired) electrons. The number of aliphatic carboxylic acids is 1. The first-order valence-corrected chi connectivity index (χ1v) is 3.40. The number of hydrogen-bond acceptors (Lipinski definition) is 2. The van der Waals surface area contributed by atoms with Gasteiger partial charge in [-0.1, -0.05) is 6.42 Å². The van der Waals surface area contributed by atoms with E-state index in [4.69, 9.17) is 10.8 Å². The molecule has 0 heterocycles. The fraction of sp³-hybridized carbons (Fsp3) is 0.571. The van der Waals surface area contributed by atoms with E-state index >= 15 is 0 Å². The molecular weight excluding hydrogens is 130 g/mol. The van der Waals surface area contributed by atoms with Gasteiger partial charge in [-0.25, -0.2) is 4.79 Å². The van der Waals surface area contributed by atoms with Crippen LogP contribution in [0.15, 0.2) is 11.8 Å². The van der Waals surface area contributed by atoms with E-state index in [0.717, 1.165) is 18.9 Å². The lowest BCUT2D eigenvalue weighted by molar-refractivity contribution is -0.131. The topological polar surface area (TPSA) is 63.3 Å². The Balaban J connectivity index is 2.45. The molecule has 0 unspecified atom stereocenters. The fourth-order valence-corrected chi connectivity index (χ4v) is 1.00. The molecule has 0 saturated heterocycles. The van der Waals surface area contributed by atoms with Gasteiger partial charge in [-0.15, -0.1) is 0 Å². The predicted octanol–water partition coefficient (Wildman–Crippen LogP) is 0.714. The summed E-state index contributed by atoms with van der Waals surface area (Å²) in [5.74, 6) is -0.597. The number of carboxylic acid groups (broad SMARTS) is 1. The van der Waals surface area contributed by atoms with Crippen molar-refractivity contribution in [2.75, 3.05) is 0 Å². The van der Waals surface area contributed by atoms with Crippen molar-refractivity contribution in [2.45, 2.75) is 19.3 Å². The molecule has 3 heteroatoms. The van der Waals surface area contributed by atoms with E-state index in [1.807, 2.05) is 0 Å². The lowest BCUT2D eigenvalue weighted by Crippen LogP contribution is -2.20. The summed E-state index contributed by atoms with van der Waals surface area (Å²) in [5.41, 5.74) is 5.99. The minimum atomic E-state index is -0.940. The normalized spacial score (nSPS) is 20.2. The van der Waals surface area contributed by atoms with Crippen LogP contribution >= 0.6 is 0 Å². The first-order chi connectivity index (χ1) is 4.70. The number of carbonyl (C=O) groups is 1. The second kappa shape index (κ2) is 2.73. The summed E-state index contributed by atoms with van der Waals surface area (Å²) in [6, 6.07) is 0. The monoisotopic (exact) mass is 141 g/mol. The zero-order valence-electron chi connectivity index (χ0n) is 5.71. The third kappa shape index (κ3) is 1.50. The van der Waals surface area contributed by atoms with E-state index < -0.39 is 5.97 Å². The van der Waals surface area contributed by atoms with Crippen molar-refractivity contribution in [2.24, 2.45) is 11.7 Å². The number of hydrogen-bond donors (Lipinski definition) is 2. The van der Waals surface area contributed by atoms with Gasteiger partial charge in [0.15, 0.2) is 0 Å². The van der Waals surface area contributed by atoms with Gasteiger partial charge in [0, 0.05) is 11.8 Å². The smallest absolute Gasteiger partial charge is 0.330 e. The molecule has 1 fully saturated rings. The molecule has 0 bridgehead atoms. The Bertz CT molecular complexity index is 170. The van der Waals surface area contributed by atoms with Crippen molar-refractivity contribution < 1.29 is 9.90 Å². The van der Waals surface area contributed by atoms with Gasteiger partial charge in [-0.3, -0.25) is 0 Å². The highest BCUT2D eigenvalue weighted by Gasteiger charge is 2.19. The second-order valence-corrected chi connectivity index (χ2v) is 2.61. The first-order valence-electron chi connectivity index (χ1n) is 3.40. The summed E-state index contributed by atoms with van der Waals surface area (Å²) in [5, 5.41) is 8.30. The van der Waals surface area contributed by atoms with Crippen LogP contribution in [0.1, 0.15) is 19.3 Å². The van der Waals surface area contributed by atoms with Gasteiger partial charge < -0.3 is 10.8 Å². The molecule has 1 saturated carbocycles. The summed E-state index contributed by atoms with van der Waals surface area (Å²) in [7, 11) is 0. The molecule has 10 heavy (non-hydrogen) atoms. The number of carboxylic acids is 1. The molecule has 0 aliphatic heterocycles. The van der Waals surface area contributed by atoms with Crippen LogP contribution in [0.2, 0.25) is 0 Å². The molecule has 0 atom stereocenters. The van der Waals surface area contributed by atoms with Gasteiger partial charge in [-0.05, 0) is 18.8 Å². The highest BCUT2D eigenvalue weighted by molar-refractivity contribution is 5.80. The van der Waals surface area contributed by atoms with Gasteiger partial charge in [0.2, 0.25) is 0 Å². The van der Waals surface area contributed by atoms with Gasteiger partial charge >= 0.3 is 5.97 Å². The third-order valence-corrected chi connectivity index (χ3v) is 1.87. The van der Waals surface area contributed by atoms with Crippen LogP contribution in [0.25, 0.3) is 0 Å². The summed E-state index contributed by atoms with van der Waals surface area (Å²) in [6.07, 6.45) is 4.38. The van der Waals surface area contributed by atoms with Crippen LogP contribution < -0.4 is 5.73 Å². The molecule has 0 aromatic rings. The maximum atomic E-state index is 10.1. The summed E-state index contributed by atoms with van der Waals surface area (Å²) in [6.45, 7) is 0. The van der Waals surface area contributed by atoms with Crippen molar-refractivity contribution in [1.29, 1.82) is 0 Å². The average molecular weight is 141 g/mol. The van der Waals surface area contributed by atoms with Crippen molar-refractivity contribution in [3.8, 4) is 0 Å². The molecule has 0 aromatic carbocycles. The molecular formula is C7H11NO2. The number of nitrogens with two attached hydrogens (primary N) is 1. The molecule has 0 amide bonds. The highest BCUT2D eigenvalue weighted by atomic mass is 16.4. The number of rotatable bonds is 2. The van der Waals surface area contributed by atoms with E-state index in [1.165, 1.54) is 6.42 Å². The van der Waals surface area contributed by atoms with Crippen LogP contribution in [-0.2, 0) is 4.79 Å². The minimum absolute atomic E-state index is 0.344. The van der Waals surface area contributed by atoms with Crippen LogP contribution in [0.4, 0.5) is 0 Å². The van der Waals surface area contributed by atoms with E-state index in [-0.39, 0.29) is 0 Å². The quantitative estimate of drug-likeness (QED) is 0.557. The SMILES string of the molecule is N/C(=C\C(=O)O)C1CCC1. The van der Waals surface area contributed by atoms with Gasteiger partial charge in [0.05, 0.1) is 0 Å². The molecule has 1 aliphatic carbocycles. The van der Waals surface area contributed by atoms with Crippen LogP contribution in [-0.4, -0.2) is 11.1 Å². The summed E-state index contributed by atoms with van der Waals surface area (Å²) < 4.78 is 0. The Labute approximate surface area is 59.5 Å². The van der Waals surface area contributed by atoms with Gasteiger partial charge in [-0.2, -0.15) is 0 Å². The van der Waals surface area contributed by atoms with Gasteiger partial charge in [0.1, 0.15) is 0 Å². The molecule has 56 valence electrons. The molecule has 1 aliphatic rings. The molecule has 3 nitrogen and oxygen atoms in total. The van der Waals surface area contributed by atoms with Crippen molar-refractivity contribution in [3.63, 3.8) is 0 Å². The van der Waals surface area contributed by atoms with Crippen LogP contribution in [0, 0.1) is 5.92 Å². The Kier molecular flexibility index (Phi) is 1.94. The van der Waals surface area contributed by atoms with E-state index in [1.54, 1.807) is 0 Å². The van der Waals surface area contributed by atoms with Gasteiger partial charge in [0.25, 0.3) is 0 Å². The predicted molar refractivity (Wildman–Crippen MR) is 37.2 cm³/mol. The van der Waals surface area contributed by atoms with Crippen LogP contribution in [0.5, 0.6) is 0 Å². The fourth-order valence-electron chi connectivity index (χ4n) is 1.00. The Hall–Kier alpha value is -0.990. The van der Waals surface area contributed by atoms with Crippen molar-refractivity contribution in [3.05, 3.63) is 11.8 Å². The van der Waals surface area contributed by atoms with E-state index in [2.05, 4.69) is 0 Å². The standard InChI is InChI=1S/C7H11NO2/c8-6(4-7(9)10)5-2-1-3-5/h4-5H,1-3,8H2,(H,9,10)/b6-4-. The maximum Gasteiger partial charge on any atom is 0.330 e. The molecule has 3 N–H and O–H groups in total. The van der Waals surface area contributed by atoms with Crippen molar-refractivity contribution in [1.82, 2.24) is 0 Å². The molecule has 0 spiro atoms. The molecule has 0 aromatic heterocycles. The average Bonchev–Trinajstić information content (AvgIpc) is 1.55. The zero-order valence-corrected chi connectivity index (χ0v) is 5.71. The van der Waals surface area contributed by atoms with Crippen LogP contribution in [0.3, 0.4) is 0 Å².